The molecule has 0 aliphatic heterocycles. The normalized spacial score (nSPS) is 11.7. The van der Waals surface area contributed by atoms with Crippen LogP contribution in [-0.4, -0.2) is 48.6 Å². The molecule has 0 bridgehead atoms. The molecule has 0 radical (unpaired) electrons. The molecular weight excluding hydrogens is 258 g/mol. The van der Waals surface area contributed by atoms with E-state index in [4.69, 9.17) is 10.2 Å². The molecule has 100 valence electrons. The zero-order valence-corrected chi connectivity index (χ0v) is 10.7. The fourth-order valence-electron chi connectivity index (χ4n) is 1.41. The second-order valence-electron chi connectivity index (χ2n) is 3.77. The zero-order chi connectivity index (χ0) is 13.8. The van der Waals surface area contributed by atoms with Crippen molar-refractivity contribution in [2.24, 2.45) is 0 Å². The first kappa shape index (κ1) is 14.6. The molecule has 0 unspecified atom stereocenters. The number of benzene rings is 1. The van der Waals surface area contributed by atoms with Crippen LogP contribution in [-0.2, 0) is 14.8 Å². The molecule has 0 heterocycles. The van der Waals surface area contributed by atoms with Gasteiger partial charge in [-0.3, -0.25) is 4.79 Å². The van der Waals surface area contributed by atoms with Crippen LogP contribution in [0.25, 0.3) is 0 Å². The lowest BCUT2D eigenvalue weighted by Crippen LogP contribution is -2.37. The van der Waals surface area contributed by atoms with Gasteiger partial charge >= 0.3 is 5.97 Å². The third-order valence-corrected chi connectivity index (χ3v) is 4.18. The number of rotatable bonds is 6. The number of aliphatic hydroxyl groups excluding tert-OH is 1. The van der Waals surface area contributed by atoms with Gasteiger partial charge in [-0.2, -0.15) is 4.31 Å². The summed E-state index contributed by atoms with van der Waals surface area (Å²) in [6.45, 7) is 0.469. The molecule has 0 aromatic heterocycles. The van der Waals surface area contributed by atoms with Gasteiger partial charge in [-0.25, -0.2) is 8.42 Å². The molecule has 2 N–H and O–H groups in total. The number of carboxylic acids is 1. The number of aryl methyl sites for hydroxylation is 1. The molecule has 6 nitrogen and oxygen atoms in total. The zero-order valence-electron chi connectivity index (χ0n) is 9.91. The number of sulfonamides is 1. The highest BCUT2D eigenvalue weighted by Gasteiger charge is 2.25. The highest BCUT2D eigenvalue weighted by Crippen LogP contribution is 2.15. The smallest absolute Gasteiger partial charge is 0.318 e. The van der Waals surface area contributed by atoms with Crippen molar-refractivity contribution in [2.75, 3.05) is 19.7 Å². The van der Waals surface area contributed by atoms with Gasteiger partial charge in [0.15, 0.2) is 0 Å². The van der Waals surface area contributed by atoms with Crippen molar-refractivity contribution >= 4 is 16.0 Å². The third-order valence-electron chi connectivity index (χ3n) is 2.32. The van der Waals surface area contributed by atoms with Crippen molar-refractivity contribution in [2.45, 2.75) is 11.8 Å². The maximum absolute atomic E-state index is 12.1. The van der Waals surface area contributed by atoms with Crippen molar-refractivity contribution in [1.82, 2.24) is 4.31 Å². The fourth-order valence-corrected chi connectivity index (χ4v) is 2.79. The van der Waals surface area contributed by atoms with E-state index in [1.807, 2.05) is 6.92 Å². The summed E-state index contributed by atoms with van der Waals surface area (Å²) in [5.74, 6) is -1.26. The standard InChI is InChI=1S/C11H15NO5S/c1-9-2-4-10(5-3-9)18(16,17)12(6-7-13)8-11(14)15/h2-5,13H,6-8H2,1H3,(H,14,15). The van der Waals surface area contributed by atoms with E-state index in [1.165, 1.54) is 12.1 Å². The topological polar surface area (TPSA) is 94.9 Å². The minimum atomic E-state index is -3.88. The monoisotopic (exact) mass is 273 g/mol. The maximum Gasteiger partial charge on any atom is 0.318 e. The number of aliphatic carboxylic acids is 1. The molecule has 0 aliphatic carbocycles. The average molecular weight is 273 g/mol. The Balaban J connectivity index is 3.08. The van der Waals surface area contributed by atoms with Crippen LogP contribution in [0.5, 0.6) is 0 Å². The molecule has 0 atom stereocenters. The quantitative estimate of drug-likeness (QED) is 0.764. The minimum Gasteiger partial charge on any atom is -0.480 e. The van der Waals surface area contributed by atoms with Crippen LogP contribution >= 0.6 is 0 Å². The molecule has 0 amide bonds. The summed E-state index contributed by atoms with van der Waals surface area (Å²) < 4.78 is 25.0. The Labute approximate surface area is 106 Å². The minimum absolute atomic E-state index is 0.0165. The van der Waals surface area contributed by atoms with Gasteiger partial charge in [0.05, 0.1) is 11.5 Å². The van der Waals surface area contributed by atoms with Gasteiger partial charge in [-0.1, -0.05) is 17.7 Å². The molecule has 7 heteroatoms. The van der Waals surface area contributed by atoms with E-state index in [9.17, 15) is 13.2 Å². The van der Waals surface area contributed by atoms with Gasteiger partial charge in [0.25, 0.3) is 0 Å². The molecule has 0 fully saturated rings. The Morgan fingerprint density at radius 3 is 2.28 bits per heavy atom. The fraction of sp³-hybridized carbons (Fsp3) is 0.364. The highest BCUT2D eigenvalue weighted by molar-refractivity contribution is 7.89. The third kappa shape index (κ3) is 3.52. The van der Waals surface area contributed by atoms with E-state index < -0.39 is 29.1 Å². The first-order chi connectivity index (χ1) is 8.37. The lowest BCUT2D eigenvalue weighted by Gasteiger charge is -2.19. The summed E-state index contributed by atoms with van der Waals surface area (Å²) in [5.41, 5.74) is 0.904. The van der Waals surface area contributed by atoms with E-state index >= 15 is 0 Å². The Morgan fingerprint density at radius 2 is 1.83 bits per heavy atom. The molecule has 0 spiro atoms. The number of carboxylic acid groups (broad SMARTS) is 1. The molecule has 0 saturated heterocycles. The van der Waals surface area contributed by atoms with Gasteiger partial charge in [-0.15, -0.1) is 0 Å². The van der Waals surface area contributed by atoms with Gasteiger partial charge in [-0.05, 0) is 19.1 Å². The van der Waals surface area contributed by atoms with Crippen molar-refractivity contribution < 1.29 is 23.4 Å². The summed E-state index contributed by atoms with van der Waals surface area (Å²) in [6, 6.07) is 6.09. The van der Waals surface area contributed by atoms with Crippen LogP contribution in [0.2, 0.25) is 0 Å². The van der Waals surface area contributed by atoms with Crippen LogP contribution in [0.15, 0.2) is 29.2 Å². The summed E-state index contributed by atoms with van der Waals surface area (Å²) in [6.07, 6.45) is 0. The van der Waals surface area contributed by atoms with Crippen LogP contribution in [0.4, 0.5) is 0 Å². The number of aliphatic hydroxyl groups is 1. The van der Waals surface area contributed by atoms with Crippen LogP contribution in [0.1, 0.15) is 5.56 Å². The molecular formula is C11H15NO5S. The Hall–Kier alpha value is -1.44. The number of hydrogen-bond donors (Lipinski definition) is 2. The molecule has 1 rings (SSSR count). The Bertz CT molecular complexity index is 509. The van der Waals surface area contributed by atoms with Gasteiger partial charge < -0.3 is 10.2 Å². The number of nitrogens with zero attached hydrogens (tertiary/aromatic N) is 1. The van der Waals surface area contributed by atoms with E-state index in [1.54, 1.807) is 12.1 Å². The Morgan fingerprint density at radius 1 is 1.28 bits per heavy atom. The first-order valence-corrected chi connectivity index (χ1v) is 6.71. The molecule has 1 aromatic rings. The number of hydrogen-bond acceptors (Lipinski definition) is 4. The Kier molecular flexibility index (Phi) is 4.83. The van der Waals surface area contributed by atoms with Gasteiger partial charge in [0, 0.05) is 6.54 Å². The SMILES string of the molecule is Cc1ccc(S(=O)(=O)N(CCO)CC(=O)O)cc1. The summed E-state index contributed by atoms with van der Waals surface area (Å²) in [5, 5.41) is 17.5. The second kappa shape index (κ2) is 5.94. The predicted octanol–water partition coefficient (Wildman–Crippen LogP) is 0.0626. The van der Waals surface area contributed by atoms with Crippen LogP contribution in [0, 0.1) is 6.92 Å². The van der Waals surface area contributed by atoms with Crippen molar-refractivity contribution in [3.05, 3.63) is 29.8 Å². The van der Waals surface area contributed by atoms with Crippen molar-refractivity contribution in [3.63, 3.8) is 0 Å². The molecule has 0 saturated carbocycles. The molecule has 18 heavy (non-hydrogen) atoms. The highest BCUT2D eigenvalue weighted by atomic mass is 32.2. The summed E-state index contributed by atoms with van der Waals surface area (Å²) in [4.78, 5) is 10.6. The van der Waals surface area contributed by atoms with Gasteiger partial charge in [0.1, 0.15) is 6.54 Å². The maximum atomic E-state index is 12.1. The predicted molar refractivity (Wildman–Crippen MR) is 64.7 cm³/mol. The second-order valence-corrected chi connectivity index (χ2v) is 5.71. The average Bonchev–Trinajstić information content (AvgIpc) is 2.28. The van der Waals surface area contributed by atoms with E-state index in [2.05, 4.69) is 0 Å². The lowest BCUT2D eigenvalue weighted by atomic mass is 10.2. The van der Waals surface area contributed by atoms with Crippen molar-refractivity contribution in [3.8, 4) is 0 Å². The van der Waals surface area contributed by atoms with Crippen LogP contribution < -0.4 is 0 Å². The van der Waals surface area contributed by atoms with E-state index in [0.29, 0.717) is 0 Å². The van der Waals surface area contributed by atoms with E-state index in [0.717, 1.165) is 9.87 Å². The first-order valence-electron chi connectivity index (χ1n) is 5.27. The molecule has 0 aliphatic rings. The molecule has 1 aromatic carbocycles. The van der Waals surface area contributed by atoms with Crippen molar-refractivity contribution in [1.29, 1.82) is 0 Å². The lowest BCUT2D eigenvalue weighted by molar-refractivity contribution is -0.137. The van der Waals surface area contributed by atoms with Crippen LogP contribution in [0.3, 0.4) is 0 Å². The summed E-state index contributed by atoms with van der Waals surface area (Å²) >= 11 is 0. The summed E-state index contributed by atoms with van der Waals surface area (Å²) in [7, 11) is -3.88. The largest absolute Gasteiger partial charge is 0.480 e. The van der Waals surface area contributed by atoms with E-state index in [-0.39, 0.29) is 11.4 Å². The number of carbonyl (C=O) groups is 1. The van der Waals surface area contributed by atoms with Gasteiger partial charge in [0.2, 0.25) is 10.0 Å².